The number of hydrogen-bond acceptors (Lipinski definition) is 3. The molecule has 0 heterocycles. The van der Waals surface area contributed by atoms with Crippen molar-refractivity contribution in [2.24, 2.45) is 0 Å². The van der Waals surface area contributed by atoms with Gasteiger partial charge in [-0.1, -0.05) is 62.2 Å². The topological polar surface area (TPSA) is 27.7 Å². The molecule has 0 spiro atoms. The van der Waals surface area contributed by atoms with Crippen LogP contribution in [0.4, 0.5) is 0 Å². The lowest BCUT2D eigenvalue weighted by Crippen LogP contribution is -2.05. The molecule has 0 fully saturated rings. The van der Waals surface area contributed by atoms with E-state index in [0.717, 1.165) is 28.4 Å². The molecule has 3 heteroatoms. The summed E-state index contributed by atoms with van der Waals surface area (Å²) in [6, 6.07) is 24.7. The van der Waals surface area contributed by atoms with Crippen molar-refractivity contribution in [2.75, 3.05) is 19.8 Å². The number of benzene rings is 3. The highest BCUT2D eigenvalue weighted by Crippen LogP contribution is 2.34. The van der Waals surface area contributed by atoms with E-state index in [2.05, 4.69) is 56.1 Å². The van der Waals surface area contributed by atoms with Gasteiger partial charge in [-0.2, -0.15) is 0 Å². The molecule has 0 aliphatic heterocycles. The van der Waals surface area contributed by atoms with Gasteiger partial charge in [0.05, 0.1) is 0 Å². The third-order valence-corrected chi connectivity index (χ3v) is 4.98. The zero-order chi connectivity index (χ0) is 23.6. The predicted molar refractivity (Wildman–Crippen MR) is 137 cm³/mol. The van der Waals surface area contributed by atoms with Crippen LogP contribution >= 0.6 is 0 Å². The highest BCUT2D eigenvalue weighted by molar-refractivity contribution is 5.47. The molecule has 0 aliphatic rings. The molecule has 33 heavy (non-hydrogen) atoms. The van der Waals surface area contributed by atoms with Crippen molar-refractivity contribution in [3.8, 4) is 17.2 Å². The zero-order valence-corrected chi connectivity index (χ0v) is 19.6. The number of ether oxygens (including phenoxy) is 3. The summed E-state index contributed by atoms with van der Waals surface area (Å²) in [6.45, 7) is 16.9. The van der Waals surface area contributed by atoms with Gasteiger partial charge in [0.25, 0.3) is 0 Å². The lowest BCUT2D eigenvalue weighted by molar-refractivity contribution is 0.352. The SMILES string of the molecule is C=CCOc1ccc(C(c2ccc(OCC(=C)C)cc2)c2ccc(OCC(=C)C)cc2)cc1. The molecule has 0 atom stereocenters. The first-order valence-corrected chi connectivity index (χ1v) is 11.0. The van der Waals surface area contributed by atoms with Gasteiger partial charge in [0.2, 0.25) is 0 Å². The molecule has 0 radical (unpaired) electrons. The van der Waals surface area contributed by atoms with Gasteiger partial charge in [0.15, 0.2) is 0 Å². The molecule has 3 aromatic rings. The average molecular weight is 441 g/mol. The van der Waals surface area contributed by atoms with E-state index >= 15 is 0 Å². The Labute approximate surface area is 197 Å². The van der Waals surface area contributed by atoms with Crippen molar-refractivity contribution in [3.05, 3.63) is 126 Å². The average Bonchev–Trinajstić information content (AvgIpc) is 2.82. The van der Waals surface area contributed by atoms with Crippen molar-refractivity contribution in [1.82, 2.24) is 0 Å². The maximum atomic E-state index is 5.78. The van der Waals surface area contributed by atoms with Crippen LogP contribution in [0.3, 0.4) is 0 Å². The minimum absolute atomic E-state index is 0.0591. The summed E-state index contributed by atoms with van der Waals surface area (Å²) in [4.78, 5) is 0. The maximum absolute atomic E-state index is 5.78. The minimum Gasteiger partial charge on any atom is -0.490 e. The molecule has 0 amide bonds. The Balaban J connectivity index is 1.90. The van der Waals surface area contributed by atoms with Crippen molar-refractivity contribution in [2.45, 2.75) is 19.8 Å². The molecule has 3 aromatic carbocycles. The molecular formula is C30H32O3. The molecule has 0 bridgehead atoms. The van der Waals surface area contributed by atoms with E-state index in [-0.39, 0.29) is 5.92 Å². The smallest absolute Gasteiger partial charge is 0.119 e. The highest BCUT2D eigenvalue weighted by atomic mass is 16.5. The maximum Gasteiger partial charge on any atom is 0.119 e. The van der Waals surface area contributed by atoms with Gasteiger partial charge in [-0.3, -0.25) is 0 Å². The Morgan fingerprint density at radius 3 is 1.27 bits per heavy atom. The van der Waals surface area contributed by atoms with E-state index in [4.69, 9.17) is 14.2 Å². The molecule has 0 saturated heterocycles. The standard InChI is InChI=1S/C30H32O3/c1-6-19-31-27-13-7-24(8-14-27)30(25-9-15-28(16-10-25)32-20-22(2)3)26-11-17-29(18-12-26)33-21-23(4)5/h6-18,30H,1-2,4,19-21H2,3,5H3. The van der Waals surface area contributed by atoms with E-state index in [1.54, 1.807) is 6.08 Å². The van der Waals surface area contributed by atoms with E-state index in [0.29, 0.717) is 19.8 Å². The Bertz CT molecular complexity index is 1000. The van der Waals surface area contributed by atoms with Crippen LogP contribution in [0.2, 0.25) is 0 Å². The number of rotatable bonds is 12. The molecular weight excluding hydrogens is 408 g/mol. The zero-order valence-electron chi connectivity index (χ0n) is 19.6. The predicted octanol–water partition coefficient (Wildman–Crippen LogP) is 7.34. The van der Waals surface area contributed by atoms with Gasteiger partial charge < -0.3 is 14.2 Å². The fourth-order valence-electron chi connectivity index (χ4n) is 3.42. The fourth-order valence-corrected chi connectivity index (χ4v) is 3.42. The first-order valence-electron chi connectivity index (χ1n) is 11.0. The summed E-state index contributed by atoms with van der Waals surface area (Å²) in [5.74, 6) is 2.54. The first-order chi connectivity index (χ1) is 16.0. The summed E-state index contributed by atoms with van der Waals surface area (Å²) in [7, 11) is 0. The van der Waals surface area contributed by atoms with Crippen molar-refractivity contribution in [3.63, 3.8) is 0 Å². The monoisotopic (exact) mass is 440 g/mol. The second kappa shape index (κ2) is 11.8. The van der Waals surface area contributed by atoms with Crippen LogP contribution < -0.4 is 14.2 Å². The molecule has 0 N–H and O–H groups in total. The Morgan fingerprint density at radius 2 is 0.970 bits per heavy atom. The van der Waals surface area contributed by atoms with Gasteiger partial charge in [-0.25, -0.2) is 0 Å². The Hall–Kier alpha value is -3.72. The third-order valence-electron chi connectivity index (χ3n) is 4.98. The van der Waals surface area contributed by atoms with Crippen LogP contribution in [-0.4, -0.2) is 19.8 Å². The van der Waals surface area contributed by atoms with Crippen LogP contribution in [0.5, 0.6) is 17.2 Å². The molecule has 170 valence electrons. The minimum atomic E-state index is 0.0591. The summed E-state index contributed by atoms with van der Waals surface area (Å²) in [5.41, 5.74) is 5.50. The molecule has 0 aromatic heterocycles. The third kappa shape index (κ3) is 7.15. The van der Waals surface area contributed by atoms with Crippen LogP contribution in [0, 0.1) is 0 Å². The lowest BCUT2D eigenvalue weighted by atomic mass is 9.85. The van der Waals surface area contributed by atoms with Crippen LogP contribution in [0.1, 0.15) is 36.5 Å². The van der Waals surface area contributed by atoms with Crippen molar-refractivity contribution < 1.29 is 14.2 Å². The molecule has 0 aliphatic carbocycles. The fraction of sp³-hybridized carbons (Fsp3) is 0.200. The normalized spacial score (nSPS) is 10.5. The quantitative estimate of drug-likeness (QED) is 0.218. The van der Waals surface area contributed by atoms with Crippen LogP contribution in [0.25, 0.3) is 0 Å². The van der Waals surface area contributed by atoms with Crippen molar-refractivity contribution in [1.29, 1.82) is 0 Å². The molecule has 0 unspecified atom stereocenters. The van der Waals surface area contributed by atoms with Gasteiger partial charge in [0, 0.05) is 5.92 Å². The van der Waals surface area contributed by atoms with E-state index in [9.17, 15) is 0 Å². The summed E-state index contributed by atoms with van der Waals surface area (Å²) in [6.07, 6.45) is 1.74. The van der Waals surface area contributed by atoms with Crippen LogP contribution in [0.15, 0.2) is 110 Å². The van der Waals surface area contributed by atoms with Gasteiger partial charge >= 0.3 is 0 Å². The first kappa shape index (κ1) is 23.9. The van der Waals surface area contributed by atoms with Gasteiger partial charge in [-0.15, -0.1) is 0 Å². The summed E-state index contributed by atoms with van der Waals surface area (Å²) < 4.78 is 17.2. The summed E-state index contributed by atoms with van der Waals surface area (Å²) in [5, 5.41) is 0. The molecule has 3 rings (SSSR count). The van der Waals surface area contributed by atoms with Gasteiger partial charge in [-0.05, 0) is 78.1 Å². The van der Waals surface area contributed by atoms with Crippen molar-refractivity contribution >= 4 is 0 Å². The molecule has 3 nitrogen and oxygen atoms in total. The number of hydrogen-bond donors (Lipinski definition) is 0. The van der Waals surface area contributed by atoms with Gasteiger partial charge in [0.1, 0.15) is 37.1 Å². The molecule has 0 saturated carbocycles. The Morgan fingerprint density at radius 1 is 0.636 bits per heavy atom. The largest absolute Gasteiger partial charge is 0.490 e. The van der Waals surface area contributed by atoms with E-state index in [1.807, 2.05) is 50.2 Å². The van der Waals surface area contributed by atoms with E-state index < -0.39 is 0 Å². The highest BCUT2D eigenvalue weighted by Gasteiger charge is 2.17. The van der Waals surface area contributed by atoms with E-state index in [1.165, 1.54) is 16.7 Å². The van der Waals surface area contributed by atoms with Crippen LogP contribution in [-0.2, 0) is 0 Å². The summed E-state index contributed by atoms with van der Waals surface area (Å²) >= 11 is 0. The second-order valence-electron chi connectivity index (χ2n) is 8.23. The lowest BCUT2D eigenvalue weighted by Gasteiger charge is -2.20. The second-order valence-corrected chi connectivity index (χ2v) is 8.23. The Kier molecular flexibility index (Phi) is 8.54.